The van der Waals surface area contributed by atoms with Crippen LogP contribution in [0.4, 0.5) is 0 Å². The van der Waals surface area contributed by atoms with E-state index in [1.54, 1.807) is 17.3 Å². The minimum absolute atomic E-state index is 0.154. The predicted octanol–water partition coefficient (Wildman–Crippen LogP) is 0.873. The van der Waals surface area contributed by atoms with Crippen LogP contribution in [-0.4, -0.2) is 52.8 Å². The highest BCUT2D eigenvalue weighted by atomic mass is 16.5. The van der Waals surface area contributed by atoms with E-state index in [4.69, 9.17) is 4.74 Å². The summed E-state index contributed by atoms with van der Waals surface area (Å²) in [5, 5.41) is 9.07. The van der Waals surface area contributed by atoms with Gasteiger partial charge in [0.25, 0.3) is 5.91 Å². The minimum Gasteiger partial charge on any atom is -0.487 e. The second-order valence-corrected chi connectivity index (χ2v) is 8.67. The van der Waals surface area contributed by atoms with Crippen LogP contribution >= 0.6 is 0 Å². The fourth-order valence-corrected chi connectivity index (χ4v) is 4.74. The molecule has 2 atom stereocenters. The number of nitrogens with zero attached hydrogens (tertiary/aromatic N) is 2. The van der Waals surface area contributed by atoms with E-state index in [0.717, 1.165) is 42.0 Å². The van der Waals surface area contributed by atoms with Crippen LogP contribution in [0.25, 0.3) is 0 Å². The van der Waals surface area contributed by atoms with Gasteiger partial charge in [0.15, 0.2) is 0 Å². The summed E-state index contributed by atoms with van der Waals surface area (Å²) in [4.78, 5) is 42.8. The number of pyridine rings is 1. The summed E-state index contributed by atoms with van der Waals surface area (Å²) in [7, 11) is 0. The predicted molar refractivity (Wildman–Crippen MR) is 119 cm³/mol. The summed E-state index contributed by atoms with van der Waals surface area (Å²) in [5.41, 5.74) is 3.47. The molecular formula is C24H27N5O4. The van der Waals surface area contributed by atoms with Gasteiger partial charge in [0.1, 0.15) is 17.9 Å². The number of ether oxygens (including phenoxy) is 1. The zero-order valence-electron chi connectivity index (χ0n) is 18.3. The average molecular weight is 450 g/mol. The average Bonchev–Trinajstić information content (AvgIpc) is 3.43. The van der Waals surface area contributed by atoms with Crippen molar-refractivity contribution in [3.63, 3.8) is 0 Å². The molecule has 0 radical (unpaired) electrons. The first-order chi connectivity index (χ1) is 16.1. The van der Waals surface area contributed by atoms with Crippen LogP contribution in [0.3, 0.4) is 0 Å². The third kappa shape index (κ3) is 4.46. The molecule has 9 nitrogen and oxygen atoms in total. The van der Waals surface area contributed by atoms with E-state index >= 15 is 0 Å². The number of amides is 3. The van der Waals surface area contributed by atoms with Crippen molar-refractivity contribution in [2.45, 2.75) is 51.0 Å². The summed E-state index contributed by atoms with van der Waals surface area (Å²) in [6, 6.07) is 7.13. The highest BCUT2D eigenvalue weighted by Crippen LogP contribution is 2.30. The third-order valence-corrected chi connectivity index (χ3v) is 6.45. The maximum atomic E-state index is 13.2. The van der Waals surface area contributed by atoms with Crippen molar-refractivity contribution in [1.82, 2.24) is 25.8 Å². The van der Waals surface area contributed by atoms with Gasteiger partial charge in [-0.15, -0.1) is 0 Å². The standard InChI is InChI=1S/C24H27N5O4/c30-21-5-4-19(23(31)28-21)29-14-17-3-1-2-16(22(17)24(29)32)11-27-10-15-6-8-26-13-20(15)33-18-7-9-25-12-18/h1-3,6,8,13,18-19,25,27H,4-5,7,9-12,14H2,(H,28,30,31)/t18-,19?/m0/s1. The van der Waals surface area contributed by atoms with E-state index in [9.17, 15) is 14.4 Å². The lowest BCUT2D eigenvalue weighted by molar-refractivity contribution is -0.136. The van der Waals surface area contributed by atoms with Gasteiger partial charge in [-0.25, -0.2) is 0 Å². The van der Waals surface area contributed by atoms with Crippen molar-refractivity contribution in [2.75, 3.05) is 13.1 Å². The van der Waals surface area contributed by atoms with Crippen LogP contribution in [0.5, 0.6) is 5.75 Å². The molecule has 0 spiro atoms. The normalized spacial score (nSPS) is 22.4. The number of piperidine rings is 1. The molecule has 2 aromatic rings. The molecule has 172 valence electrons. The number of hydrogen-bond acceptors (Lipinski definition) is 7. The molecule has 3 amide bonds. The maximum absolute atomic E-state index is 13.2. The lowest BCUT2D eigenvalue weighted by atomic mass is 10.0. The summed E-state index contributed by atoms with van der Waals surface area (Å²) >= 11 is 0. The summed E-state index contributed by atoms with van der Waals surface area (Å²) in [6.45, 7) is 3.26. The van der Waals surface area contributed by atoms with Crippen LogP contribution in [0.15, 0.2) is 36.7 Å². The molecule has 1 aromatic carbocycles. The summed E-state index contributed by atoms with van der Waals surface area (Å²) in [6.07, 6.45) is 5.23. The molecule has 2 fully saturated rings. The highest BCUT2D eigenvalue weighted by molar-refractivity contribution is 6.05. The number of fused-ring (bicyclic) bond motifs is 1. The van der Waals surface area contributed by atoms with E-state index < -0.39 is 11.9 Å². The maximum Gasteiger partial charge on any atom is 0.255 e. The quantitative estimate of drug-likeness (QED) is 0.538. The van der Waals surface area contributed by atoms with E-state index in [1.807, 2.05) is 24.3 Å². The third-order valence-electron chi connectivity index (χ3n) is 6.45. The molecule has 9 heteroatoms. The van der Waals surface area contributed by atoms with Crippen LogP contribution in [0, 0.1) is 0 Å². The van der Waals surface area contributed by atoms with Gasteiger partial charge in [0, 0.05) is 49.9 Å². The lowest BCUT2D eigenvalue weighted by Crippen LogP contribution is -2.52. The van der Waals surface area contributed by atoms with Crippen molar-refractivity contribution < 1.29 is 19.1 Å². The second-order valence-electron chi connectivity index (χ2n) is 8.67. The molecule has 5 rings (SSSR count). The number of nitrogens with one attached hydrogen (secondary N) is 3. The molecule has 0 bridgehead atoms. The van der Waals surface area contributed by atoms with E-state index in [0.29, 0.717) is 31.6 Å². The van der Waals surface area contributed by atoms with Crippen LogP contribution in [-0.2, 0) is 29.2 Å². The number of imide groups is 1. The number of aromatic nitrogens is 1. The molecule has 4 heterocycles. The summed E-state index contributed by atoms with van der Waals surface area (Å²) in [5.74, 6) is -0.0561. The van der Waals surface area contributed by atoms with Crippen molar-refractivity contribution in [2.24, 2.45) is 0 Å². The van der Waals surface area contributed by atoms with Crippen LogP contribution in [0.2, 0.25) is 0 Å². The molecule has 3 aliphatic rings. The topological polar surface area (TPSA) is 113 Å². The zero-order chi connectivity index (χ0) is 22.8. The van der Waals surface area contributed by atoms with Gasteiger partial charge >= 0.3 is 0 Å². The Hall–Kier alpha value is -3.30. The molecule has 2 saturated heterocycles. The Morgan fingerprint density at radius 2 is 2.00 bits per heavy atom. The Labute approximate surface area is 191 Å². The molecule has 1 unspecified atom stereocenters. The minimum atomic E-state index is -0.606. The van der Waals surface area contributed by atoms with Gasteiger partial charge < -0.3 is 20.3 Å². The molecule has 3 N–H and O–H groups in total. The van der Waals surface area contributed by atoms with E-state index in [-0.39, 0.29) is 24.3 Å². The van der Waals surface area contributed by atoms with Crippen molar-refractivity contribution in [1.29, 1.82) is 0 Å². The fraction of sp³-hybridized carbons (Fsp3) is 0.417. The Balaban J connectivity index is 1.25. The first kappa shape index (κ1) is 21.5. The SMILES string of the molecule is O=C1CCC(N2Cc3cccc(CNCc4ccncc4O[C@H]4CCNC4)c3C2=O)C(=O)N1. The Morgan fingerprint density at radius 1 is 1.12 bits per heavy atom. The Morgan fingerprint density at radius 3 is 2.82 bits per heavy atom. The number of carbonyl (C=O) groups excluding carboxylic acids is 3. The zero-order valence-corrected chi connectivity index (χ0v) is 18.3. The van der Waals surface area contributed by atoms with Crippen molar-refractivity contribution >= 4 is 17.7 Å². The van der Waals surface area contributed by atoms with E-state index in [1.165, 1.54) is 0 Å². The van der Waals surface area contributed by atoms with Gasteiger partial charge in [0.2, 0.25) is 11.8 Å². The van der Waals surface area contributed by atoms with Crippen LogP contribution in [0.1, 0.15) is 46.3 Å². The fourth-order valence-electron chi connectivity index (χ4n) is 4.74. The largest absolute Gasteiger partial charge is 0.487 e. The lowest BCUT2D eigenvalue weighted by Gasteiger charge is -2.29. The van der Waals surface area contributed by atoms with E-state index in [2.05, 4.69) is 20.9 Å². The second kappa shape index (κ2) is 9.29. The van der Waals surface area contributed by atoms with Crippen molar-refractivity contribution in [3.8, 4) is 5.75 Å². The van der Waals surface area contributed by atoms with Crippen LogP contribution < -0.4 is 20.7 Å². The molecule has 0 aliphatic carbocycles. The Bertz CT molecular complexity index is 1080. The van der Waals surface area contributed by atoms with Gasteiger partial charge in [-0.2, -0.15) is 0 Å². The van der Waals surface area contributed by atoms with Gasteiger partial charge in [-0.3, -0.25) is 24.7 Å². The number of rotatable bonds is 7. The number of hydrogen-bond donors (Lipinski definition) is 3. The molecule has 1 aromatic heterocycles. The highest BCUT2D eigenvalue weighted by Gasteiger charge is 2.39. The van der Waals surface area contributed by atoms with Gasteiger partial charge in [-0.05, 0) is 36.6 Å². The van der Waals surface area contributed by atoms with Gasteiger partial charge in [0.05, 0.1) is 6.20 Å². The first-order valence-electron chi connectivity index (χ1n) is 11.4. The Kier molecular flexibility index (Phi) is 6.06. The number of benzene rings is 1. The number of carbonyl (C=O) groups is 3. The van der Waals surface area contributed by atoms with Gasteiger partial charge in [-0.1, -0.05) is 18.2 Å². The molecule has 3 aliphatic heterocycles. The van der Waals surface area contributed by atoms with Crippen molar-refractivity contribution in [3.05, 3.63) is 58.9 Å². The monoisotopic (exact) mass is 449 g/mol. The first-order valence-corrected chi connectivity index (χ1v) is 11.4. The molecule has 33 heavy (non-hydrogen) atoms. The smallest absolute Gasteiger partial charge is 0.255 e. The molecule has 0 saturated carbocycles. The summed E-state index contributed by atoms with van der Waals surface area (Å²) < 4.78 is 6.11. The molecular weight excluding hydrogens is 422 g/mol.